The average Bonchev–Trinajstić information content (AvgIpc) is 2.29. The van der Waals surface area contributed by atoms with Gasteiger partial charge in [-0.3, -0.25) is 14.6 Å². The van der Waals surface area contributed by atoms with E-state index >= 15 is 0 Å². The van der Waals surface area contributed by atoms with E-state index in [4.69, 9.17) is 0 Å². The van der Waals surface area contributed by atoms with E-state index in [2.05, 4.69) is 9.72 Å². The molecule has 1 rings (SSSR count). The first-order chi connectivity index (χ1) is 7.74. The van der Waals surface area contributed by atoms with Crippen molar-refractivity contribution >= 4 is 12.3 Å². The summed E-state index contributed by atoms with van der Waals surface area (Å²) in [7, 11) is 0. The van der Waals surface area contributed by atoms with Gasteiger partial charge in [-0.2, -0.15) is 0 Å². The highest BCUT2D eigenvalue weighted by molar-refractivity contribution is 5.94. The summed E-state index contributed by atoms with van der Waals surface area (Å²) < 4.78 is 4.53. The first kappa shape index (κ1) is 12.4. The van der Waals surface area contributed by atoms with Gasteiger partial charge < -0.3 is 4.74 Å². The number of nitrogens with zero attached hydrogens (tertiary/aromatic N) is 1. The second kappa shape index (κ2) is 6.71. The number of pyridine rings is 1. The molecule has 0 N–H and O–H groups in total. The Morgan fingerprint density at radius 2 is 2.25 bits per heavy atom. The Hall–Kier alpha value is -1.71. The quantitative estimate of drug-likeness (QED) is 0.401. The Kier molecular flexibility index (Phi) is 5.19. The van der Waals surface area contributed by atoms with Gasteiger partial charge in [0.25, 0.3) is 6.47 Å². The van der Waals surface area contributed by atoms with Crippen molar-refractivity contribution < 1.29 is 14.3 Å². The fraction of sp³-hybridized carbons (Fsp3) is 0.417. The fourth-order valence-corrected chi connectivity index (χ4v) is 1.28. The molecular weight excluding hydrogens is 206 g/mol. The molecule has 1 heterocycles. The van der Waals surface area contributed by atoms with Gasteiger partial charge in [0.1, 0.15) is 5.69 Å². The van der Waals surface area contributed by atoms with Crippen molar-refractivity contribution in [1.29, 1.82) is 0 Å². The van der Waals surface area contributed by atoms with Crippen molar-refractivity contribution in [2.24, 2.45) is 0 Å². The van der Waals surface area contributed by atoms with Crippen LogP contribution in [0.1, 0.15) is 35.3 Å². The van der Waals surface area contributed by atoms with E-state index in [0.717, 1.165) is 5.56 Å². The SMILES string of the molecule is Cc1ccc(C(=O)CCCCOC=O)nc1. The lowest BCUT2D eigenvalue weighted by Crippen LogP contribution is -2.03. The molecule has 0 saturated heterocycles. The molecule has 0 aliphatic heterocycles. The van der Waals surface area contributed by atoms with Crippen LogP contribution in [0.5, 0.6) is 0 Å². The second-order valence-corrected chi connectivity index (χ2v) is 3.57. The molecule has 1 aromatic heterocycles. The number of ether oxygens (including phenoxy) is 1. The van der Waals surface area contributed by atoms with Crippen LogP contribution in [0.3, 0.4) is 0 Å². The van der Waals surface area contributed by atoms with E-state index in [0.29, 0.717) is 38.0 Å². The zero-order valence-electron chi connectivity index (χ0n) is 9.31. The lowest BCUT2D eigenvalue weighted by Gasteiger charge is -2.00. The molecule has 1 aromatic rings. The molecule has 0 amide bonds. The van der Waals surface area contributed by atoms with Gasteiger partial charge in [0, 0.05) is 12.6 Å². The summed E-state index contributed by atoms with van der Waals surface area (Å²) >= 11 is 0. The molecule has 0 atom stereocenters. The summed E-state index contributed by atoms with van der Waals surface area (Å²) in [6.45, 7) is 2.72. The summed E-state index contributed by atoms with van der Waals surface area (Å²) in [6, 6.07) is 3.61. The van der Waals surface area contributed by atoms with Crippen molar-refractivity contribution in [2.75, 3.05) is 6.61 Å². The smallest absolute Gasteiger partial charge is 0.293 e. The van der Waals surface area contributed by atoms with Gasteiger partial charge in [-0.05, 0) is 31.4 Å². The monoisotopic (exact) mass is 221 g/mol. The number of aromatic nitrogens is 1. The molecule has 0 aromatic carbocycles. The van der Waals surface area contributed by atoms with Crippen LogP contribution >= 0.6 is 0 Å². The number of ketones is 1. The molecular formula is C12H15NO3. The molecule has 0 aliphatic carbocycles. The minimum absolute atomic E-state index is 0.0334. The van der Waals surface area contributed by atoms with Crippen molar-refractivity contribution in [1.82, 2.24) is 4.98 Å². The van der Waals surface area contributed by atoms with Gasteiger partial charge in [0.2, 0.25) is 0 Å². The molecule has 0 spiro atoms. The van der Waals surface area contributed by atoms with Crippen LogP contribution in [-0.2, 0) is 9.53 Å². The van der Waals surface area contributed by atoms with E-state index in [-0.39, 0.29) is 5.78 Å². The molecule has 0 fully saturated rings. The third-order valence-electron chi connectivity index (χ3n) is 2.18. The Labute approximate surface area is 94.6 Å². The van der Waals surface area contributed by atoms with Crippen LogP contribution in [0.4, 0.5) is 0 Å². The molecule has 0 radical (unpaired) electrons. The van der Waals surface area contributed by atoms with E-state index in [1.54, 1.807) is 12.3 Å². The highest BCUT2D eigenvalue weighted by Gasteiger charge is 2.06. The number of hydrogen-bond donors (Lipinski definition) is 0. The lowest BCUT2D eigenvalue weighted by molar-refractivity contribution is -0.128. The minimum Gasteiger partial charge on any atom is -0.468 e. The van der Waals surface area contributed by atoms with Gasteiger partial charge in [-0.1, -0.05) is 6.07 Å². The summed E-state index contributed by atoms with van der Waals surface area (Å²) in [5, 5.41) is 0. The Bertz CT molecular complexity index is 346. The molecule has 16 heavy (non-hydrogen) atoms. The first-order valence-electron chi connectivity index (χ1n) is 5.25. The maximum Gasteiger partial charge on any atom is 0.293 e. The fourth-order valence-electron chi connectivity index (χ4n) is 1.28. The number of carbonyl (C=O) groups excluding carboxylic acids is 2. The van der Waals surface area contributed by atoms with Crippen LogP contribution in [0.15, 0.2) is 18.3 Å². The van der Waals surface area contributed by atoms with Crippen LogP contribution in [0.25, 0.3) is 0 Å². The molecule has 0 aliphatic rings. The maximum atomic E-state index is 11.6. The molecule has 0 unspecified atom stereocenters. The summed E-state index contributed by atoms with van der Waals surface area (Å²) in [5.74, 6) is 0.0334. The van der Waals surface area contributed by atoms with Crippen LogP contribution in [0, 0.1) is 6.92 Å². The topological polar surface area (TPSA) is 56.3 Å². The number of unbranched alkanes of at least 4 members (excludes halogenated alkanes) is 1. The van der Waals surface area contributed by atoms with Gasteiger partial charge in [0.05, 0.1) is 6.61 Å². The third-order valence-corrected chi connectivity index (χ3v) is 2.18. The van der Waals surface area contributed by atoms with Crippen LogP contribution in [0.2, 0.25) is 0 Å². The Morgan fingerprint density at radius 3 is 2.88 bits per heavy atom. The molecule has 0 bridgehead atoms. The zero-order valence-corrected chi connectivity index (χ0v) is 9.31. The number of aryl methyl sites for hydroxylation is 1. The number of hydrogen-bond acceptors (Lipinski definition) is 4. The Morgan fingerprint density at radius 1 is 1.44 bits per heavy atom. The van der Waals surface area contributed by atoms with E-state index in [1.165, 1.54) is 0 Å². The summed E-state index contributed by atoms with van der Waals surface area (Å²) in [5.41, 5.74) is 1.54. The van der Waals surface area contributed by atoms with Crippen LogP contribution in [-0.4, -0.2) is 23.8 Å². The maximum absolute atomic E-state index is 11.6. The normalized spacial score (nSPS) is 9.81. The van der Waals surface area contributed by atoms with Crippen molar-refractivity contribution in [2.45, 2.75) is 26.2 Å². The van der Waals surface area contributed by atoms with Crippen molar-refractivity contribution in [3.05, 3.63) is 29.6 Å². The van der Waals surface area contributed by atoms with E-state index in [1.807, 2.05) is 13.0 Å². The van der Waals surface area contributed by atoms with Gasteiger partial charge in [-0.25, -0.2) is 0 Å². The van der Waals surface area contributed by atoms with Gasteiger partial charge in [0.15, 0.2) is 5.78 Å². The van der Waals surface area contributed by atoms with E-state index < -0.39 is 0 Å². The number of Topliss-reactive ketones (excluding diaryl/α,β-unsaturated/α-hetero) is 1. The standard InChI is InChI=1S/C12H15NO3/c1-10-5-6-11(13-8-10)12(15)4-2-3-7-16-9-14/h5-6,8-9H,2-4,7H2,1H3. The number of rotatable bonds is 7. The highest BCUT2D eigenvalue weighted by Crippen LogP contribution is 2.05. The predicted octanol–water partition coefficient (Wildman–Crippen LogP) is 1.92. The van der Waals surface area contributed by atoms with Gasteiger partial charge in [-0.15, -0.1) is 0 Å². The third kappa shape index (κ3) is 4.21. The van der Waals surface area contributed by atoms with Crippen LogP contribution < -0.4 is 0 Å². The summed E-state index contributed by atoms with van der Waals surface area (Å²) in [4.78, 5) is 25.5. The Balaban J connectivity index is 2.29. The average molecular weight is 221 g/mol. The molecule has 86 valence electrons. The number of carbonyl (C=O) groups is 2. The van der Waals surface area contributed by atoms with Crippen molar-refractivity contribution in [3.63, 3.8) is 0 Å². The lowest BCUT2D eigenvalue weighted by atomic mass is 10.1. The van der Waals surface area contributed by atoms with Crippen molar-refractivity contribution in [3.8, 4) is 0 Å². The predicted molar refractivity (Wildman–Crippen MR) is 59.2 cm³/mol. The molecule has 4 nitrogen and oxygen atoms in total. The van der Waals surface area contributed by atoms with Gasteiger partial charge >= 0.3 is 0 Å². The first-order valence-corrected chi connectivity index (χ1v) is 5.25. The largest absolute Gasteiger partial charge is 0.468 e. The second-order valence-electron chi connectivity index (χ2n) is 3.57. The molecule has 0 saturated carbocycles. The highest BCUT2D eigenvalue weighted by atomic mass is 16.5. The molecule has 4 heteroatoms. The zero-order chi connectivity index (χ0) is 11.8. The van der Waals surface area contributed by atoms with E-state index in [9.17, 15) is 9.59 Å². The minimum atomic E-state index is 0.0334. The summed E-state index contributed by atoms with van der Waals surface area (Å²) in [6.07, 6.45) is 3.54.